The van der Waals surface area contributed by atoms with Crippen LogP contribution in [0.4, 0.5) is 11.8 Å². The number of likely N-dealkylation sites (tertiary alicyclic amines) is 1. The van der Waals surface area contributed by atoms with Crippen LogP contribution in [0, 0.1) is 0 Å². The van der Waals surface area contributed by atoms with Gasteiger partial charge < -0.3 is 20.7 Å². The Bertz CT molecular complexity index is 1190. The number of amides is 1. The Hall–Kier alpha value is -3.47. The molecule has 0 saturated carbocycles. The summed E-state index contributed by atoms with van der Waals surface area (Å²) >= 11 is 0. The van der Waals surface area contributed by atoms with Crippen molar-refractivity contribution in [1.82, 2.24) is 34.5 Å². The molecule has 0 bridgehead atoms. The summed E-state index contributed by atoms with van der Waals surface area (Å²) in [5.41, 5.74) is 9.36. The van der Waals surface area contributed by atoms with Crippen molar-refractivity contribution in [2.75, 3.05) is 58.4 Å². The molecular formula is C25H37N9O2. The van der Waals surface area contributed by atoms with Crippen LogP contribution >= 0.6 is 0 Å². The van der Waals surface area contributed by atoms with Gasteiger partial charge in [-0.05, 0) is 49.9 Å². The highest BCUT2D eigenvalue weighted by Gasteiger charge is 2.24. The van der Waals surface area contributed by atoms with Crippen LogP contribution in [0.3, 0.4) is 0 Å². The quantitative estimate of drug-likeness (QED) is 0.407. The highest BCUT2D eigenvalue weighted by Crippen LogP contribution is 2.31. The fourth-order valence-corrected chi connectivity index (χ4v) is 4.55. The number of methoxy groups -OCH3 is 1. The normalized spacial score (nSPS) is 14.8. The van der Waals surface area contributed by atoms with E-state index in [9.17, 15) is 4.79 Å². The van der Waals surface area contributed by atoms with E-state index in [2.05, 4.69) is 38.3 Å². The van der Waals surface area contributed by atoms with Gasteiger partial charge in [0.1, 0.15) is 22.5 Å². The third-order valence-corrected chi connectivity index (χ3v) is 6.72. The first-order chi connectivity index (χ1) is 17.4. The van der Waals surface area contributed by atoms with E-state index < -0.39 is 0 Å². The molecule has 3 N–H and O–H groups in total. The van der Waals surface area contributed by atoms with Crippen LogP contribution in [0.2, 0.25) is 0 Å². The number of fused-ring (bicyclic) bond motifs is 1. The average molecular weight is 496 g/mol. The number of carbonyl (C=O) groups is 1. The van der Waals surface area contributed by atoms with E-state index in [1.54, 1.807) is 32.3 Å². The SMILES string of the molecule is CCCCNc1nc(N)nc2cnn(Cc3ncc(C4CCN(CC(=O)N(C)C)CC4)cc3OC)c12. The number of nitrogens with two attached hydrogens (primary N) is 1. The third kappa shape index (κ3) is 5.84. The molecule has 3 aromatic rings. The van der Waals surface area contributed by atoms with Crippen LogP contribution in [-0.2, 0) is 11.3 Å². The van der Waals surface area contributed by atoms with Gasteiger partial charge >= 0.3 is 0 Å². The van der Waals surface area contributed by atoms with Crippen LogP contribution < -0.4 is 15.8 Å². The highest BCUT2D eigenvalue weighted by molar-refractivity contribution is 5.86. The number of nitrogen functional groups attached to an aromatic ring is 1. The Kier molecular flexibility index (Phi) is 8.19. The number of ether oxygens (including phenoxy) is 1. The second-order valence-electron chi connectivity index (χ2n) is 9.50. The first-order valence-electron chi connectivity index (χ1n) is 12.6. The molecule has 11 heteroatoms. The van der Waals surface area contributed by atoms with Gasteiger partial charge in [-0.1, -0.05) is 13.3 Å². The minimum atomic E-state index is 0.143. The van der Waals surface area contributed by atoms with Gasteiger partial charge in [0.05, 0.1) is 26.4 Å². The second kappa shape index (κ2) is 11.5. The Labute approximate surface area is 212 Å². The maximum atomic E-state index is 12.0. The lowest BCUT2D eigenvalue weighted by molar-refractivity contribution is -0.130. The molecule has 3 aromatic heterocycles. The van der Waals surface area contributed by atoms with Crippen LogP contribution in [0.1, 0.15) is 49.8 Å². The Morgan fingerprint density at radius 2 is 2.03 bits per heavy atom. The number of pyridine rings is 1. The lowest BCUT2D eigenvalue weighted by Crippen LogP contribution is -2.40. The highest BCUT2D eigenvalue weighted by atomic mass is 16.5. The standard InChI is InChI=1S/C25H37N9O2/c1-5-6-9-27-24-23-19(30-25(26)31-24)14-29-34(23)15-20-21(36-4)12-18(13-28-20)17-7-10-33(11-8-17)16-22(35)32(2)3/h12-14,17H,5-11,15-16H2,1-4H3,(H3,26,27,30,31). The molecule has 1 aliphatic rings. The number of hydrogen-bond donors (Lipinski definition) is 2. The van der Waals surface area contributed by atoms with Crippen molar-refractivity contribution >= 4 is 28.7 Å². The van der Waals surface area contributed by atoms with Crippen molar-refractivity contribution in [2.24, 2.45) is 0 Å². The molecule has 0 unspecified atom stereocenters. The van der Waals surface area contributed by atoms with Crippen molar-refractivity contribution in [3.63, 3.8) is 0 Å². The van der Waals surface area contributed by atoms with Crippen molar-refractivity contribution < 1.29 is 9.53 Å². The minimum absolute atomic E-state index is 0.143. The largest absolute Gasteiger partial charge is 0.495 e. The van der Waals surface area contributed by atoms with Gasteiger partial charge in [0.2, 0.25) is 11.9 Å². The van der Waals surface area contributed by atoms with Crippen molar-refractivity contribution in [1.29, 1.82) is 0 Å². The van der Waals surface area contributed by atoms with E-state index in [0.29, 0.717) is 30.3 Å². The number of unbranched alkanes of at least 4 members (excludes halogenated alkanes) is 1. The van der Waals surface area contributed by atoms with Crippen LogP contribution in [0.15, 0.2) is 18.5 Å². The second-order valence-corrected chi connectivity index (χ2v) is 9.50. The summed E-state index contributed by atoms with van der Waals surface area (Å²) in [5, 5.41) is 7.91. The van der Waals surface area contributed by atoms with E-state index in [-0.39, 0.29) is 11.9 Å². The molecule has 0 aromatic carbocycles. The van der Waals surface area contributed by atoms with Crippen molar-refractivity contribution in [3.05, 3.63) is 29.7 Å². The Morgan fingerprint density at radius 3 is 2.72 bits per heavy atom. The fourth-order valence-electron chi connectivity index (χ4n) is 4.55. The number of piperidine rings is 1. The summed E-state index contributed by atoms with van der Waals surface area (Å²) in [5.74, 6) is 2.17. The summed E-state index contributed by atoms with van der Waals surface area (Å²) in [7, 11) is 5.27. The first kappa shape index (κ1) is 25.6. The van der Waals surface area contributed by atoms with Gasteiger partial charge in [-0.2, -0.15) is 10.1 Å². The number of hydrogen-bond acceptors (Lipinski definition) is 9. The van der Waals surface area contributed by atoms with Crippen molar-refractivity contribution in [3.8, 4) is 5.75 Å². The van der Waals surface area contributed by atoms with E-state index >= 15 is 0 Å². The van der Waals surface area contributed by atoms with Gasteiger partial charge in [-0.15, -0.1) is 0 Å². The van der Waals surface area contributed by atoms with Gasteiger partial charge in [-0.25, -0.2) is 4.98 Å². The molecule has 1 saturated heterocycles. The van der Waals surface area contributed by atoms with Gasteiger partial charge in [0.25, 0.3) is 0 Å². The molecule has 1 amide bonds. The topological polar surface area (TPSA) is 127 Å². The summed E-state index contributed by atoms with van der Waals surface area (Å²) in [6.07, 6.45) is 7.73. The molecule has 0 aliphatic carbocycles. The third-order valence-electron chi connectivity index (χ3n) is 6.72. The molecule has 36 heavy (non-hydrogen) atoms. The fraction of sp³-hybridized carbons (Fsp3) is 0.560. The van der Waals surface area contributed by atoms with E-state index in [4.69, 9.17) is 15.5 Å². The van der Waals surface area contributed by atoms with Crippen molar-refractivity contribution in [2.45, 2.75) is 45.1 Å². The number of rotatable bonds is 10. The monoisotopic (exact) mass is 495 g/mol. The molecule has 0 radical (unpaired) electrons. The molecule has 1 fully saturated rings. The van der Waals surface area contributed by atoms with Crippen LogP contribution in [-0.4, -0.2) is 87.8 Å². The number of aromatic nitrogens is 5. The Morgan fingerprint density at radius 1 is 1.25 bits per heavy atom. The molecule has 194 valence electrons. The lowest BCUT2D eigenvalue weighted by Gasteiger charge is -2.32. The first-order valence-corrected chi connectivity index (χ1v) is 12.6. The maximum absolute atomic E-state index is 12.0. The number of nitrogens with zero attached hydrogens (tertiary/aromatic N) is 7. The van der Waals surface area contributed by atoms with Gasteiger partial charge in [0.15, 0.2) is 5.82 Å². The number of carbonyl (C=O) groups excluding carboxylic acids is 1. The predicted molar refractivity (Wildman–Crippen MR) is 140 cm³/mol. The predicted octanol–water partition coefficient (Wildman–Crippen LogP) is 2.34. The minimum Gasteiger partial charge on any atom is -0.495 e. The van der Waals surface area contributed by atoms with E-state index in [1.807, 2.05) is 10.9 Å². The molecule has 11 nitrogen and oxygen atoms in total. The molecule has 4 rings (SSSR count). The maximum Gasteiger partial charge on any atom is 0.236 e. The van der Waals surface area contributed by atoms with Gasteiger partial charge in [-0.3, -0.25) is 19.4 Å². The molecule has 1 aliphatic heterocycles. The molecular weight excluding hydrogens is 458 g/mol. The number of nitrogens with one attached hydrogen (secondary N) is 1. The Balaban J connectivity index is 1.49. The average Bonchev–Trinajstić information content (AvgIpc) is 3.27. The van der Waals surface area contributed by atoms with E-state index in [0.717, 1.165) is 67.8 Å². The molecule has 0 spiro atoms. The number of likely N-dealkylation sites (N-methyl/N-ethyl adjacent to an activating group) is 1. The smallest absolute Gasteiger partial charge is 0.236 e. The summed E-state index contributed by atoms with van der Waals surface area (Å²) in [6, 6.07) is 2.09. The number of anilines is 2. The van der Waals surface area contributed by atoms with E-state index in [1.165, 1.54) is 0 Å². The van der Waals surface area contributed by atoms with Crippen LogP contribution in [0.5, 0.6) is 5.75 Å². The summed E-state index contributed by atoms with van der Waals surface area (Å²) < 4.78 is 7.58. The molecule has 4 heterocycles. The zero-order chi connectivity index (χ0) is 25.7. The lowest BCUT2D eigenvalue weighted by atomic mass is 9.90. The van der Waals surface area contributed by atoms with Gasteiger partial charge in [0, 0.05) is 26.8 Å². The molecule has 0 atom stereocenters. The van der Waals surface area contributed by atoms with Crippen LogP contribution in [0.25, 0.3) is 11.0 Å². The summed E-state index contributed by atoms with van der Waals surface area (Å²) in [6.45, 7) is 5.63. The zero-order valence-electron chi connectivity index (χ0n) is 21.7. The summed E-state index contributed by atoms with van der Waals surface area (Å²) in [4.78, 5) is 29.4. The zero-order valence-corrected chi connectivity index (χ0v) is 21.7.